The van der Waals surface area contributed by atoms with E-state index in [0.717, 1.165) is 0 Å². The molecular formula is C7H6NO3. The van der Waals surface area contributed by atoms with E-state index in [1.54, 1.807) is 6.92 Å². The second kappa shape index (κ2) is 2.57. The minimum Gasteiger partial charge on any atom is -0.502 e. The standard InChI is InChI=1S/C7H6NO3/c1-5-3-2-4-6(7(5)9)8(10)11/h2,4,9H,1H3. The van der Waals surface area contributed by atoms with Gasteiger partial charge in [0, 0.05) is 11.6 Å². The minimum absolute atomic E-state index is 0.277. The van der Waals surface area contributed by atoms with Crippen molar-refractivity contribution in [2.24, 2.45) is 0 Å². The second-order valence-corrected chi connectivity index (χ2v) is 2.09. The average Bonchev–Trinajstić information content (AvgIpc) is 1.94. The van der Waals surface area contributed by atoms with E-state index in [1.165, 1.54) is 12.1 Å². The van der Waals surface area contributed by atoms with Gasteiger partial charge in [-0.2, -0.15) is 0 Å². The first-order valence-corrected chi connectivity index (χ1v) is 2.97. The number of nitro benzene ring substituents is 1. The zero-order chi connectivity index (χ0) is 8.43. The third-order valence-corrected chi connectivity index (χ3v) is 1.34. The number of nitrogens with zero attached hydrogens (tertiary/aromatic N) is 1. The summed E-state index contributed by atoms with van der Waals surface area (Å²) in [5.74, 6) is -0.308. The van der Waals surface area contributed by atoms with Gasteiger partial charge in [-0.25, -0.2) is 0 Å². The lowest BCUT2D eigenvalue weighted by molar-refractivity contribution is -0.385. The fourth-order valence-corrected chi connectivity index (χ4v) is 0.732. The zero-order valence-electron chi connectivity index (χ0n) is 5.87. The maximum atomic E-state index is 10.2. The topological polar surface area (TPSA) is 63.4 Å². The van der Waals surface area contributed by atoms with Gasteiger partial charge in [0.2, 0.25) is 0 Å². The van der Waals surface area contributed by atoms with Crippen LogP contribution in [-0.2, 0) is 0 Å². The number of rotatable bonds is 1. The van der Waals surface area contributed by atoms with Crippen molar-refractivity contribution in [2.75, 3.05) is 0 Å². The first-order valence-electron chi connectivity index (χ1n) is 2.97. The zero-order valence-corrected chi connectivity index (χ0v) is 5.87. The predicted molar refractivity (Wildman–Crippen MR) is 38.3 cm³/mol. The molecule has 0 heterocycles. The molecule has 0 aromatic heterocycles. The van der Waals surface area contributed by atoms with E-state index in [-0.39, 0.29) is 11.4 Å². The van der Waals surface area contributed by atoms with Gasteiger partial charge in [-0.3, -0.25) is 10.1 Å². The highest BCUT2D eigenvalue weighted by Gasteiger charge is 2.13. The molecule has 1 aromatic carbocycles. The number of aryl methyl sites for hydroxylation is 1. The molecule has 0 amide bonds. The maximum Gasteiger partial charge on any atom is 0.311 e. The van der Waals surface area contributed by atoms with Crippen LogP contribution in [0, 0.1) is 23.1 Å². The molecule has 0 bridgehead atoms. The van der Waals surface area contributed by atoms with E-state index in [1.807, 2.05) is 0 Å². The Morgan fingerprint density at radius 3 is 2.82 bits per heavy atom. The molecule has 1 radical (unpaired) electrons. The molecule has 4 heteroatoms. The molecule has 57 valence electrons. The number of hydrogen-bond donors (Lipinski definition) is 1. The number of hydrogen-bond acceptors (Lipinski definition) is 3. The number of phenols is 1. The normalized spacial score (nSPS) is 9.55. The first-order chi connectivity index (χ1) is 5.13. The van der Waals surface area contributed by atoms with Crippen LogP contribution in [0.2, 0.25) is 0 Å². The van der Waals surface area contributed by atoms with E-state index in [9.17, 15) is 10.1 Å². The SMILES string of the molecule is Cc1[c]ccc([N+](=O)[O-])c1O. The molecule has 0 atom stereocenters. The predicted octanol–water partition coefficient (Wildman–Crippen LogP) is 1.41. The quantitative estimate of drug-likeness (QED) is 0.488. The Kier molecular flexibility index (Phi) is 1.76. The number of benzene rings is 1. The van der Waals surface area contributed by atoms with E-state index < -0.39 is 4.92 Å². The largest absolute Gasteiger partial charge is 0.502 e. The molecule has 0 fully saturated rings. The summed E-state index contributed by atoms with van der Waals surface area (Å²) in [5.41, 5.74) is 0.112. The molecule has 4 nitrogen and oxygen atoms in total. The van der Waals surface area contributed by atoms with Crippen molar-refractivity contribution < 1.29 is 10.0 Å². The number of aromatic hydroxyl groups is 1. The van der Waals surface area contributed by atoms with Crippen LogP contribution < -0.4 is 0 Å². The summed E-state index contributed by atoms with van der Waals surface area (Å²) in [5, 5.41) is 19.3. The van der Waals surface area contributed by atoms with Crippen molar-refractivity contribution in [3.05, 3.63) is 33.9 Å². The molecule has 11 heavy (non-hydrogen) atoms. The van der Waals surface area contributed by atoms with Crippen LogP contribution in [0.1, 0.15) is 5.56 Å². The van der Waals surface area contributed by atoms with Gasteiger partial charge < -0.3 is 5.11 Å². The van der Waals surface area contributed by atoms with Crippen molar-refractivity contribution in [3.8, 4) is 5.75 Å². The van der Waals surface area contributed by atoms with Crippen molar-refractivity contribution in [2.45, 2.75) is 6.92 Å². The van der Waals surface area contributed by atoms with Gasteiger partial charge in [-0.05, 0) is 19.1 Å². The average molecular weight is 152 g/mol. The van der Waals surface area contributed by atoms with Crippen LogP contribution in [-0.4, -0.2) is 10.0 Å². The molecule has 0 saturated carbocycles. The van der Waals surface area contributed by atoms with Gasteiger partial charge in [0.25, 0.3) is 0 Å². The Labute approximate surface area is 63.2 Å². The smallest absolute Gasteiger partial charge is 0.311 e. The van der Waals surface area contributed by atoms with Gasteiger partial charge in [0.1, 0.15) is 0 Å². The molecule has 1 aromatic rings. The fraction of sp³-hybridized carbons (Fsp3) is 0.143. The van der Waals surface area contributed by atoms with Crippen LogP contribution >= 0.6 is 0 Å². The van der Waals surface area contributed by atoms with Gasteiger partial charge in [0.05, 0.1) is 4.92 Å². The Bertz CT molecular complexity index is 296. The van der Waals surface area contributed by atoms with Gasteiger partial charge in [-0.1, -0.05) is 0 Å². The van der Waals surface area contributed by atoms with Crippen LogP contribution in [0.4, 0.5) is 5.69 Å². The molecule has 0 spiro atoms. The molecule has 0 saturated heterocycles. The third-order valence-electron chi connectivity index (χ3n) is 1.34. The lowest BCUT2D eigenvalue weighted by atomic mass is 10.2. The Hall–Kier alpha value is -1.58. The molecule has 0 unspecified atom stereocenters. The van der Waals surface area contributed by atoms with Crippen LogP contribution in [0.15, 0.2) is 12.1 Å². The molecule has 0 aliphatic heterocycles. The van der Waals surface area contributed by atoms with Crippen LogP contribution in [0.3, 0.4) is 0 Å². The van der Waals surface area contributed by atoms with Crippen molar-refractivity contribution in [1.29, 1.82) is 0 Å². The number of nitro groups is 1. The summed E-state index contributed by atoms with van der Waals surface area (Å²) in [6.07, 6.45) is 0. The van der Waals surface area contributed by atoms with Gasteiger partial charge in [-0.15, -0.1) is 0 Å². The molecular weight excluding hydrogens is 146 g/mol. The van der Waals surface area contributed by atoms with E-state index >= 15 is 0 Å². The lowest BCUT2D eigenvalue weighted by Crippen LogP contribution is -1.89. The summed E-state index contributed by atoms with van der Waals surface area (Å²) in [6.45, 7) is 1.56. The molecule has 1 rings (SSSR count). The van der Waals surface area contributed by atoms with Crippen molar-refractivity contribution in [1.82, 2.24) is 0 Å². The Morgan fingerprint density at radius 2 is 2.36 bits per heavy atom. The number of phenolic OH excluding ortho intramolecular Hbond substituents is 1. The molecule has 0 aliphatic carbocycles. The first kappa shape index (κ1) is 7.53. The highest BCUT2D eigenvalue weighted by Crippen LogP contribution is 2.27. The second-order valence-electron chi connectivity index (χ2n) is 2.09. The summed E-state index contributed by atoms with van der Waals surface area (Å²) >= 11 is 0. The molecule has 1 N–H and O–H groups in total. The summed E-state index contributed by atoms with van der Waals surface area (Å²) < 4.78 is 0. The van der Waals surface area contributed by atoms with Gasteiger partial charge >= 0.3 is 5.69 Å². The van der Waals surface area contributed by atoms with Crippen LogP contribution in [0.5, 0.6) is 5.75 Å². The monoisotopic (exact) mass is 152 g/mol. The van der Waals surface area contributed by atoms with Crippen molar-refractivity contribution >= 4 is 5.69 Å². The Balaban J connectivity index is 3.27. The fourth-order valence-electron chi connectivity index (χ4n) is 0.732. The van der Waals surface area contributed by atoms with Gasteiger partial charge in [0.15, 0.2) is 5.75 Å². The minimum atomic E-state index is -0.629. The maximum absolute atomic E-state index is 10.2. The third kappa shape index (κ3) is 1.29. The highest BCUT2D eigenvalue weighted by molar-refractivity contribution is 5.49. The van der Waals surface area contributed by atoms with E-state index in [0.29, 0.717) is 5.56 Å². The Morgan fingerprint density at radius 1 is 1.73 bits per heavy atom. The van der Waals surface area contributed by atoms with Crippen LogP contribution in [0.25, 0.3) is 0 Å². The summed E-state index contributed by atoms with van der Waals surface area (Å²) in [4.78, 5) is 9.58. The highest BCUT2D eigenvalue weighted by atomic mass is 16.6. The summed E-state index contributed by atoms with van der Waals surface area (Å²) in [6, 6.07) is 5.26. The van der Waals surface area contributed by atoms with E-state index in [4.69, 9.17) is 5.11 Å². The van der Waals surface area contributed by atoms with Crippen molar-refractivity contribution in [3.63, 3.8) is 0 Å². The lowest BCUT2D eigenvalue weighted by Gasteiger charge is -1.96. The molecule has 0 aliphatic rings. The van der Waals surface area contributed by atoms with E-state index in [2.05, 4.69) is 6.07 Å². The summed E-state index contributed by atoms with van der Waals surface area (Å²) in [7, 11) is 0.